The van der Waals surface area contributed by atoms with Gasteiger partial charge in [0.05, 0.1) is 16.0 Å². The number of halogens is 5. The molecule has 21 heavy (non-hydrogen) atoms. The first-order valence-corrected chi connectivity index (χ1v) is 6.94. The van der Waals surface area contributed by atoms with Crippen LogP contribution < -0.4 is 9.47 Å². The maximum Gasteiger partial charge on any atom is 0.573 e. The third-order valence-corrected chi connectivity index (χ3v) is 3.18. The maximum atomic E-state index is 12.2. The van der Waals surface area contributed by atoms with Crippen LogP contribution >= 0.6 is 27.5 Å². The molecule has 0 fully saturated rings. The molecule has 0 unspecified atom stereocenters. The van der Waals surface area contributed by atoms with Crippen molar-refractivity contribution >= 4 is 27.5 Å². The molecule has 0 saturated carbocycles. The molecule has 0 spiro atoms. The minimum absolute atomic E-state index is 0.129. The van der Waals surface area contributed by atoms with Crippen molar-refractivity contribution in [1.29, 1.82) is 0 Å². The summed E-state index contributed by atoms with van der Waals surface area (Å²) in [7, 11) is 0. The minimum atomic E-state index is -4.74. The summed E-state index contributed by atoms with van der Waals surface area (Å²) < 4.78 is 46.0. The summed E-state index contributed by atoms with van der Waals surface area (Å²) in [5.74, 6) is 0.727. The zero-order chi connectivity index (χ0) is 15.5. The Labute approximate surface area is 131 Å². The van der Waals surface area contributed by atoms with Crippen molar-refractivity contribution in [3.05, 3.63) is 46.7 Å². The minimum Gasteiger partial charge on any atom is -0.457 e. The van der Waals surface area contributed by atoms with E-state index >= 15 is 0 Å². The number of pyridine rings is 1. The second-order valence-corrected chi connectivity index (χ2v) is 4.98. The molecule has 2 rings (SSSR count). The van der Waals surface area contributed by atoms with E-state index in [2.05, 4.69) is 25.7 Å². The summed E-state index contributed by atoms with van der Waals surface area (Å²) in [6.45, 7) is 0. The van der Waals surface area contributed by atoms with Crippen LogP contribution in [0.3, 0.4) is 0 Å². The van der Waals surface area contributed by atoms with Gasteiger partial charge in [-0.3, -0.25) is 4.98 Å². The van der Waals surface area contributed by atoms with Crippen LogP contribution in [0.2, 0.25) is 0 Å². The standard InChI is InChI=1S/C13H8BrClF3NO2/c14-11-6-9(1-2-12(11)21-13(16,17)18)20-10-3-4-19-8(5-10)7-15/h1-6H,7H2. The van der Waals surface area contributed by atoms with E-state index in [1.165, 1.54) is 18.3 Å². The summed E-state index contributed by atoms with van der Waals surface area (Å²) >= 11 is 8.66. The number of hydrogen-bond acceptors (Lipinski definition) is 3. The van der Waals surface area contributed by atoms with E-state index in [-0.39, 0.29) is 16.1 Å². The summed E-state index contributed by atoms with van der Waals surface area (Å²) in [4.78, 5) is 4.01. The van der Waals surface area contributed by atoms with Crippen molar-refractivity contribution in [1.82, 2.24) is 4.98 Å². The van der Waals surface area contributed by atoms with Gasteiger partial charge in [0.15, 0.2) is 0 Å². The van der Waals surface area contributed by atoms with Crippen LogP contribution in [-0.2, 0) is 5.88 Å². The number of hydrogen-bond donors (Lipinski definition) is 0. The second kappa shape index (κ2) is 6.53. The SMILES string of the molecule is FC(F)(F)Oc1ccc(Oc2ccnc(CCl)c2)cc1Br. The van der Waals surface area contributed by atoms with Crippen LogP contribution in [0.25, 0.3) is 0 Å². The Morgan fingerprint density at radius 2 is 1.86 bits per heavy atom. The van der Waals surface area contributed by atoms with Gasteiger partial charge >= 0.3 is 6.36 Å². The van der Waals surface area contributed by atoms with Gasteiger partial charge in [-0.1, -0.05) is 0 Å². The van der Waals surface area contributed by atoms with Crippen molar-refractivity contribution in [3.63, 3.8) is 0 Å². The molecule has 3 nitrogen and oxygen atoms in total. The lowest BCUT2D eigenvalue weighted by atomic mass is 10.3. The Hall–Kier alpha value is -1.47. The first-order chi connectivity index (χ1) is 9.87. The van der Waals surface area contributed by atoms with E-state index in [9.17, 15) is 13.2 Å². The van der Waals surface area contributed by atoms with Gasteiger partial charge in [-0.25, -0.2) is 0 Å². The first kappa shape index (κ1) is 15.9. The highest BCUT2D eigenvalue weighted by Gasteiger charge is 2.32. The second-order valence-electron chi connectivity index (χ2n) is 3.86. The van der Waals surface area contributed by atoms with E-state index in [1.54, 1.807) is 12.1 Å². The number of ether oxygens (including phenoxy) is 2. The summed E-state index contributed by atoms with van der Waals surface area (Å²) in [5, 5.41) is 0. The Bertz CT molecular complexity index is 637. The van der Waals surface area contributed by atoms with E-state index in [0.717, 1.165) is 6.07 Å². The van der Waals surface area contributed by atoms with Gasteiger partial charge in [0.2, 0.25) is 0 Å². The summed E-state index contributed by atoms with van der Waals surface area (Å²) in [6, 6.07) is 7.16. The predicted molar refractivity (Wildman–Crippen MR) is 74.7 cm³/mol. The number of aromatic nitrogens is 1. The van der Waals surface area contributed by atoms with E-state index in [1.807, 2.05) is 0 Å². The number of rotatable bonds is 4. The zero-order valence-electron chi connectivity index (χ0n) is 10.3. The summed E-state index contributed by atoms with van der Waals surface area (Å²) in [5.41, 5.74) is 0.630. The van der Waals surface area contributed by atoms with Crippen LogP contribution in [-0.4, -0.2) is 11.3 Å². The normalized spacial score (nSPS) is 11.3. The molecular weight excluding hydrogens is 374 g/mol. The molecule has 0 aliphatic carbocycles. The van der Waals surface area contributed by atoms with Gasteiger partial charge in [-0.2, -0.15) is 0 Å². The van der Waals surface area contributed by atoms with Crippen molar-refractivity contribution in [2.75, 3.05) is 0 Å². The summed E-state index contributed by atoms with van der Waals surface area (Å²) in [6.07, 6.45) is -3.21. The van der Waals surface area contributed by atoms with Crippen LogP contribution in [0.5, 0.6) is 17.2 Å². The Morgan fingerprint density at radius 1 is 1.14 bits per heavy atom. The molecule has 2 aromatic rings. The Morgan fingerprint density at radius 3 is 2.48 bits per heavy atom. The van der Waals surface area contributed by atoms with Crippen molar-refractivity contribution < 1.29 is 22.6 Å². The third kappa shape index (κ3) is 4.78. The highest BCUT2D eigenvalue weighted by Crippen LogP contribution is 2.34. The molecule has 0 N–H and O–H groups in total. The highest BCUT2D eigenvalue weighted by atomic mass is 79.9. The van der Waals surface area contributed by atoms with Gasteiger partial charge in [-0.15, -0.1) is 24.8 Å². The average Bonchev–Trinajstić information content (AvgIpc) is 2.41. The quantitative estimate of drug-likeness (QED) is 0.675. The van der Waals surface area contributed by atoms with Crippen molar-refractivity contribution in [3.8, 4) is 17.2 Å². The van der Waals surface area contributed by atoms with E-state index in [4.69, 9.17) is 16.3 Å². The predicted octanol–water partition coefficient (Wildman–Crippen LogP) is 5.27. The average molecular weight is 383 g/mol. The molecule has 8 heteroatoms. The van der Waals surface area contributed by atoms with Crippen LogP contribution in [0.1, 0.15) is 5.69 Å². The molecule has 112 valence electrons. The molecule has 1 aromatic carbocycles. The van der Waals surface area contributed by atoms with Gasteiger partial charge in [-0.05, 0) is 40.2 Å². The molecular formula is C13H8BrClF3NO2. The first-order valence-electron chi connectivity index (χ1n) is 5.61. The molecule has 0 bridgehead atoms. The van der Waals surface area contributed by atoms with Gasteiger partial charge in [0, 0.05) is 12.3 Å². The number of benzene rings is 1. The van der Waals surface area contributed by atoms with Crippen LogP contribution in [0.15, 0.2) is 41.0 Å². The number of nitrogens with zero attached hydrogens (tertiary/aromatic N) is 1. The fourth-order valence-electron chi connectivity index (χ4n) is 1.48. The smallest absolute Gasteiger partial charge is 0.457 e. The molecule has 0 saturated heterocycles. The molecule has 0 aliphatic heterocycles. The zero-order valence-corrected chi connectivity index (χ0v) is 12.7. The Balaban J connectivity index is 2.16. The largest absolute Gasteiger partial charge is 0.573 e. The van der Waals surface area contributed by atoms with Crippen LogP contribution in [0, 0.1) is 0 Å². The van der Waals surface area contributed by atoms with Gasteiger partial charge in [0.25, 0.3) is 0 Å². The monoisotopic (exact) mass is 381 g/mol. The van der Waals surface area contributed by atoms with E-state index in [0.29, 0.717) is 17.2 Å². The Kier molecular flexibility index (Phi) is 4.95. The van der Waals surface area contributed by atoms with Crippen LogP contribution in [0.4, 0.5) is 13.2 Å². The van der Waals surface area contributed by atoms with Gasteiger partial charge < -0.3 is 9.47 Å². The molecule has 0 atom stereocenters. The molecule has 1 heterocycles. The lowest BCUT2D eigenvalue weighted by Crippen LogP contribution is -2.17. The molecule has 0 aliphatic rings. The highest BCUT2D eigenvalue weighted by molar-refractivity contribution is 9.10. The fourth-order valence-corrected chi connectivity index (χ4v) is 2.07. The number of alkyl halides is 4. The van der Waals surface area contributed by atoms with E-state index < -0.39 is 6.36 Å². The topological polar surface area (TPSA) is 31.4 Å². The van der Waals surface area contributed by atoms with Crippen molar-refractivity contribution in [2.45, 2.75) is 12.2 Å². The fraction of sp³-hybridized carbons (Fsp3) is 0.154. The van der Waals surface area contributed by atoms with Crippen molar-refractivity contribution in [2.24, 2.45) is 0 Å². The maximum absolute atomic E-state index is 12.2. The molecule has 1 aromatic heterocycles. The van der Waals surface area contributed by atoms with Gasteiger partial charge in [0.1, 0.15) is 17.2 Å². The third-order valence-electron chi connectivity index (χ3n) is 2.29. The lowest BCUT2D eigenvalue weighted by Gasteiger charge is -2.12. The molecule has 0 radical (unpaired) electrons. The lowest BCUT2D eigenvalue weighted by molar-refractivity contribution is -0.274. The molecule has 0 amide bonds.